The molecule has 0 aliphatic carbocycles. The largest absolute Gasteiger partial charge is 0.467 e. The summed E-state index contributed by atoms with van der Waals surface area (Å²) in [6, 6.07) is 14.5. The zero-order valence-corrected chi connectivity index (χ0v) is 12.7. The molecule has 0 saturated carbocycles. The lowest BCUT2D eigenvalue weighted by Gasteiger charge is -2.15. The number of aldehydes is 1. The number of nitrogens with zero attached hydrogens (tertiary/aromatic N) is 2. The molecule has 0 N–H and O–H groups in total. The van der Waals surface area contributed by atoms with E-state index < -0.39 is 6.04 Å². The van der Waals surface area contributed by atoms with E-state index in [-0.39, 0.29) is 5.97 Å². The molecule has 0 aliphatic heterocycles. The first-order chi connectivity index (χ1) is 11.2. The summed E-state index contributed by atoms with van der Waals surface area (Å²) >= 11 is 0. The van der Waals surface area contributed by atoms with Crippen molar-refractivity contribution in [1.82, 2.24) is 9.78 Å². The highest BCUT2D eigenvalue weighted by Crippen LogP contribution is 2.21. The molecule has 0 spiro atoms. The normalized spacial score (nSPS) is 12.0. The molecule has 1 heterocycles. The average molecular weight is 308 g/mol. The predicted molar refractivity (Wildman–Crippen MR) is 86.3 cm³/mol. The third-order valence-corrected chi connectivity index (χ3v) is 3.78. The zero-order chi connectivity index (χ0) is 16.2. The number of hydrogen-bond acceptors (Lipinski definition) is 4. The van der Waals surface area contributed by atoms with Crippen molar-refractivity contribution in [3.63, 3.8) is 0 Å². The average Bonchev–Trinajstić information content (AvgIpc) is 3.03. The minimum Gasteiger partial charge on any atom is -0.467 e. The number of ether oxygens (including phenoxy) is 1. The number of carbonyl (C=O) groups excluding carboxylic acids is 2. The minimum atomic E-state index is -0.575. The second-order valence-corrected chi connectivity index (χ2v) is 5.24. The third-order valence-electron chi connectivity index (χ3n) is 3.78. The summed E-state index contributed by atoms with van der Waals surface area (Å²) < 4.78 is 6.50. The Hall–Kier alpha value is -2.95. The molecule has 1 unspecified atom stereocenters. The molecule has 1 aromatic heterocycles. The number of fused-ring (bicyclic) bond motifs is 1. The molecule has 0 amide bonds. The minimum absolute atomic E-state index is 0.366. The van der Waals surface area contributed by atoms with Gasteiger partial charge in [0.15, 0.2) is 12.3 Å². The van der Waals surface area contributed by atoms with Crippen molar-refractivity contribution in [1.29, 1.82) is 0 Å². The molecule has 1 atom stereocenters. The van der Waals surface area contributed by atoms with Crippen LogP contribution in [0, 0.1) is 0 Å². The van der Waals surface area contributed by atoms with E-state index in [1.807, 2.05) is 36.4 Å². The molecule has 0 bridgehead atoms. The van der Waals surface area contributed by atoms with Crippen molar-refractivity contribution < 1.29 is 14.3 Å². The Morgan fingerprint density at radius 3 is 2.70 bits per heavy atom. The van der Waals surface area contributed by atoms with Crippen molar-refractivity contribution in [3.8, 4) is 0 Å². The van der Waals surface area contributed by atoms with Crippen LogP contribution in [-0.2, 0) is 16.0 Å². The van der Waals surface area contributed by atoms with Crippen LogP contribution in [0.2, 0.25) is 0 Å². The van der Waals surface area contributed by atoms with Crippen LogP contribution in [0.4, 0.5) is 0 Å². The number of methoxy groups -OCH3 is 1. The quantitative estimate of drug-likeness (QED) is 0.537. The fourth-order valence-electron chi connectivity index (χ4n) is 2.60. The lowest BCUT2D eigenvalue weighted by Crippen LogP contribution is -2.23. The fraction of sp³-hybridized carbons (Fsp3) is 0.167. The molecule has 0 aliphatic rings. The van der Waals surface area contributed by atoms with Crippen molar-refractivity contribution in [2.24, 2.45) is 0 Å². The first-order valence-electron chi connectivity index (χ1n) is 7.27. The number of aromatic nitrogens is 2. The van der Waals surface area contributed by atoms with Crippen LogP contribution in [0.25, 0.3) is 10.9 Å². The molecule has 0 saturated heterocycles. The third kappa shape index (κ3) is 2.99. The summed E-state index contributed by atoms with van der Waals surface area (Å²) in [4.78, 5) is 23.3. The second-order valence-electron chi connectivity index (χ2n) is 5.24. The van der Waals surface area contributed by atoms with Gasteiger partial charge in [-0.05, 0) is 11.6 Å². The number of carbonyl (C=O) groups is 2. The maximum atomic E-state index is 12.2. The molecule has 0 radical (unpaired) electrons. The van der Waals surface area contributed by atoms with Crippen LogP contribution in [0.3, 0.4) is 0 Å². The molecule has 2 aromatic carbocycles. The van der Waals surface area contributed by atoms with Gasteiger partial charge in [-0.25, -0.2) is 4.79 Å². The van der Waals surface area contributed by atoms with E-state index >= 15 is 0 Å². The number of hydrogen-bond donors (Lipinski definition) is 0. The van der Waals surface area contributed by atoms with Gasteiger partial charge >= 0.3 is 5.97 Å². The molecule has 3 rings (SSSR count). The van der Waals surface area contributed by atoms with Crippen LogP contribution in [0.1, 0.15) is 22.0 Å². The van der Waals surface area contributed by atoms with E-state index in [0.29, 0.717) is 17.5 Å². The van der Waals surface area contributed by atoms with Gasteiger partial charge < -0.3 is 4.74 Å². The topological polar surface area (TPSA) is 61.2 Å². The number of esters is 1. The first kappa shape index (κ1) is 15.0. The summed E-state index contributed by atoms with van der Waals surface area (Å²) in [6.45, 7) is 0. The Morgan fingerprint density at radius 1 is 1.22 bits per heavy atom. The molecule has 0 fully saturated rings. The smallest absolute Gasteiger partial charge is 0.331 e. The highest BCUT2D eigenvalue weighted by molar-refractivity contribution is 5.95. The Morgan fingerprint density at radius 2 is 2.00 bits per heavy atom. The Bertz CT molecular complexity index is 840. The SMILES string of the molecule is COC(=O)C(Cc1ccccc1)n1cc2cccc(C=O)c2n1. The molecule has 116 valence electrons. The summed E-state index contributed by atoms with van der Waals surface area (Å²) in [5.74, 6) is -0.366. The lowest BCUT2D eigenvalue weighted by molar-refractivity contribution is -0.144. The maximum absolute atomic E-state index is 12.2. The zero-order valence-electron chi connectivity index (χ0n) is 12.7. The summed E-state index contributed by atoms with van der Waals surface area (Å²) in [5, 5.41) is 5.25. The van der Waals surface area contributed by atoms with E-state index in [2.05, 4.69) is 5.10 Å². The van der Waals surface area contributed by atoms with Crippen molar-refractivity contribution >= 4 is 23.2 Å². The fourth-order valence-corrected chi connectivity index (χ4v) is 2.60. The molecule has 5 nitrogen and oxygen atoms in total. The van der Waals surface area contributed by atoms with E-state index in [4.69, 9.17) is 4.74 Å². The highest BCUT2D eigenvalue weighted by atomic mass is 16.5. The van der Waals surface area contributed by atoms with Gasteiger partial charge in [0.05, 0.1) is 7.11 Å². The predicted octanol–water partition coefficient (Wildman–Crippen LogP) is 2.81. The Balaban J connectivity index is 2.03. The Labute approximate surface area is 133 Å². The van der Waals surface area contributed by atoms with Crippen LogP contribution < -0.4 is 0 Å². The van der Waals surface area contributed by atoms with Crippen molar-refractivity contribution in [2.75, 3.05) is 7.11 Å². The second kappa shape index (κ2) is 6.44. The van der Waals surface area contributed by atoms with Gasteiger partial charge in [0.2, 0.25) is 0 Å². The molecule has 3 aromatic rings. The highest BCUT2D eigenvalue weighted by Gasteiger charge is 2.23. The number of rotatable bonds is 5. The summed E-state index contributed by atoms with van der Waals surface area (Å²) in [6.07, 6.45) is 3.01. The standard InChI is InChI=1S/C18H16N2O3/c1-23-18(22)16(10-13-6-3-2-4-7-13)20-11-14-8-5-9-15(12-21)17(14)19-20/h2-9,11-12,16H,10H2,1H3. The van der Waals surface area contributed by atoms with Gasteiger partial charge in [-0.3, -0.25) is 9.48 Å². The van der Waals surface area contributed by atoms with Crippen molar-refractivity contribution in [2.45, 2.75) is 12.5 Å². The maximum Gasteiger partial charge on any atom is 0.331 e. The number of benzene rings is 2. The van der Waals surface area contributed by atoms with E-state index in [9.17, 15) is 9.59 Å². The van der Waals surface area contributed by atoms with Gasteiger partial charge in [0.1, 0.15) is 5.52 Å². The van der Waals surface area contributed by atoms with Crippen molar-refractivity contribution in [3.05, 3.63) is 65.9 Å². The molecular weight excluding hydrogens is 292 g/mol. The van der Waals surface area contributed by atoms with Gasteiger partial charge in [0, 0.05) is 23.6 Å². The van der Waals surface area contributed by atoms with E-state index in [1.165, 1.54) is 7.11 Å². The molecule has 5 heteroatoms. The van der Waals surface area contributed by atoms with Gasteiger partial charge in [-0.1, -0.05) is 42.5 Å². The molecule has 23 heavy (non-hydrogen) atoms. The lowest BCUT2D eigenvalue weighted by atomic mass is 10.1. The van der Waals surface area contributed by atoms with Crippen LogP contribution >= 0.6 is 0 Å². The Kier molecular flexibility index (Phi) is 4.19. The van der Waals surface area contributed by atoms with Crippen LogP contribution in [0.15, 0.2) is 54.7 Å². The van der Waals surface area contributed by atoms with Crippen LogP contribution in [0.5, 0.6) is 0 Å². The van der Waals surface area contributed by atoms with Gasteiger partial charge in [0.25, 0.3) is 0 Å². The van der Waals surface area contributed by atoms with Gasteiger partial charge in [-0.15, -0.1) is 0 Å². The van der Waals surface area contributed by atoms with E-state index in [0.717, 1.165) is 17.2 Å². The molecular formula is C18H16N2O3. The monoisotopic (exact) mass is 308 g/mol. The van der Waals surface area contributed by atoms with Crippen LogP contribution in [-0.4, -0.2) is 29.1 Å². The van der Waals surface area contributed by atoms with E-state index in [1.54, 1.807) is 23.0 Å². The van der Waals surface area contributed by atoms with Gasteiger partial charge in [-0.2, -0.15) is 5.10 Å². The summed E-state index contributed by atoms with van der Waals surface area (Å²) in [7, 11) is 1.36. The first-order valence-corrected chi connectivity index (χ1v) is 7.27. The summed E-state index contributed by atoms with van der Waals surface area (Å²) in [5.41, 5.74) is 2.10.